The minimum absolute atomic E-state index is 1.26. The van der Waals surface area contributed by atoms with Gasteiger partial charge in [-0.2, -0.15) is 0 Å². The van der Waals surface area contributed by atoms with Gasteiger partial charge in [0.15, 0.2) is 0 Å². The van der Waals surface area contributed by atoms with Crippen LogP contribution in [0.5, 0.6) is 0 Å². The third kappa shape index (κ3) is 3.38. The van der Waals surface area contributed by atoms with Crippen molar-refractivity contribution >= 4 is 0 Å². The van der Waals surface area contributed by atoms with Crippen LogP contribution in [0, 0.1) is 0 Å². The third-order valence-electron chi connectivity index (χ3n) is 2.66. The standard InChI is InChI=1S/C13H22/c1-3-5-8-12-10-7-11-13(12)9-6-4-2/h8-9H,3-7,10-11H2,1-2H3/b12-8-,13-9+. The molecule has 0 aromatic rings. The molecule has 1 aliphatic rings. The summed E-state index contributed by atoms with van der Waals surface area (Å²) in [6.07, 6.45) is 14.0. The molecule has 0 spiro atoms. The van der Waals surface area contributed by atoms with E-state index < -0.39 is 0 Å². The third-order valence-corrected chi connectivity index (χ3v) is 2.66. The highest BCUT2D eigenvalue weighted by Crippen LogP contribution is 2.31. The zero-order valence-corrected chi connectivity index (χ0v) is 9.10. The van der Waals surface area contributed by atoms with Gasteiger partial charge in [-0.3, -0.25) is 0 Å². The largest absolute Gasteiger partial charge is 0.0811 e. The van der Waals surface area contributed by atoms with Crippen LogP contribution in [0.25, 0.3) is 0 Å². The first-order valence-electron chi connectivity index (χ1n) is 5.77. The Kier molecular flexibility index (Phi) is 4.88. The van der Waals surface area contributed by atoms with Gasteiger partial charge >= 0.3 is 0 Å². The van der Waals surface area contributed by atoms with Crippen LogP contribution in [-0.4, -0.2) is 0 Å². The van der Waals surface area contributed by atoms with E-state index in [4.69, 9.17) is 0 Å². The number of hydrogen-bond donors (Lipinski definition) is 0. The summed E-state index contributed by atoms with van der Waals surface area (Å²) >= 11 is 0. The van der Waals surface area contributed by atoms with E-state index in [0.29, 0.717) is 0 Å². The molecule has 0 bridgehead atoms. The van der Waals surface area contributed by atoms with Gasteiger partial charge in [0.05, 0.1) is 0 Å². The number of allylic oxidation sites excluding steroid dienone is 4. The normalized spacial score (nSPS) is 23.2. The van der Waals surface area contributed by atoms with Crippen molar-refractivity contribution in [3.05, 3.63) is 23.3 Å². The van der Waals surface area contributed by atoms with Crippen LogP contribution in [0.1, 0.15) is 58.8 Å². The molecule has 1 saturated carbocycles. The van der Waals surface area contributed by atoms with Crippen molar-refractivity contribution in [3.63, 3.8) is 0 Å². The van der Waals surface area contributed by atoms with Crippen LogP contribution < -0.4 is 0 Å². The SMILES string of the molecule is CCC/C=C1/CCC/C1=C\CCC. The van der Waals surface area contributed by atoms with Gasteiger partial charge in [0.2, 0.25) is 0 Å². The van der Waals surface area contributed by atoms with Gasteiger partial charge in [0, 0.05) is 0 Å². The first-order valence-corrected chi connectivity index (χ1v) is 5.77. The molecule has 0 radical (unpaired) electrons. The van der Waals surface area contributed by atoms with Crippen LogP contribution in [-0.2, 0) is 0 Å². The maximum Gasteiger partial charge on any atom is -0.0276 e. The van der Waals surface area contributed by atoms with E-state index in [-0.39, 0.29) is 0 Å². The molecular formula is C13H22. The van der Waals surface area contributed by atoms with E-state index in [1.165, 1.54) is 44.9 Å². The molecule has 0 saturated heterocycles. The van der Waals surface area contributed by atoms with Crippen LogP contribution >= 0.6 is 0 Å². The number of hydrogen-bond acceptors (Lipinski definition) is 0. The van der Waals surface area contributed by atoms with E-state index >= 15 is 0 Å². The van der Waals surface area contributed by atoms with Crippen molar-refractivity contribution in [1.82, 2.24) is 0 Å². The van der Waals surface area contributed by atoms with Crippen molar-refractivity contribution in [2.75, 3.05) is 0 Å². The highest BCUT2D eigenvalue weighted by Gasteiger charge is 2.11. The monoisotopic (exact) mass is 178 g/mol. The van der Waals surface area contributed by atoms with Crippen molar-refractivity contribution in [2.24, 2.45) is 0 Å². The average Bonchev–Trinajstić information content (AvgIpc) is 2.59. The molecule has 0 aliphatic heterocycles. The van der Waals surface area contributed by atoms with Crippen molar-refractivity contribution in [1.29, 1.82) is 0 Å². The Morgan fingerprint density at radius 2 is 1.38 bits per heavy atom. The molecule has 1 aliphatic carbocycles. The van der Waals surface area contributed by atoms with Crippen LogP contribution in [0.3, 0.4) is 0 Å². The fourth-order valence-corrected chi connectivity index (χ4v) is 1.89. The Morgan fingerprint density at radius 3 is 1.77 bits per heavy atom. The van der Waals surface area contributed by atoms with Crippen molar-refractivity contribution in [2.45, 2.75) is 58.8 Å². The molecule has 13 heavy (non-hydrogen) atoms. The summed E-state index contributed by atoms with van der Waals surface area (Å²) in [6, 6.07) is 0. The predicted octanol–water partition coefficient (Wildman–Crippen LogP) is 4.62. The summed E-state index contributed by atoms with van der Waals surface area (Å²) in [7, 11) is 0. The van der Waals surface area contributed by atoms with Crippen molar-refractivity contribution in [3.8, 4) is 0 Å². The van der Waals surface area contributed by atoms with E-state index in [1.807, 2.05) is 0 Å². The van der Waals surface area contributed by atoms with Crippen molar-refractivity contribution < 1.29 is 0 Å². The summed E-state index contributed by atoms with van der Waals surface area (Å²) in [5.41, 5.74) is 3.30. The lowest BCUT2D eigenvalue weighted by Crippen LogP contribution is -1.80. The molecule has 0 aromatic carbocycles. The fourth-order valence-electron chi connectivity index (χ4n) is 1.89. The van der Waals surface area contributed by atoms with Gasteiger partial charge in [0.1, 0.15) is 0 Å². The zero-order chi connectivity index (χ0) is 9.52. The lowest BCUT2D eigenvalue weighted by molar-refractivity contribution is 0.912. The minimum Gasteiger partial charge on any atom is -0.0811 e. The Labute approximate surface area is 82.7 Å². The smallest absolute Gasteiger partial charge is 0.0276 e. The first-order chi connectivity index (χ1) is 6.38. The average molecular weight is 178 g/mol. The molecule has 1 rings (SSSR count). The summed E-state index contributed by atoms with van der Waals surface area (Å²) in [5.74, 6) is 0. The molecular weight excluding hydrogens is 156 g/mol. The second-order valence-corrected chi connectivity index (χ2v) is 3.89. The molecule has 0 heterocycles. The molecule has 0 nitrogen and oxygen atoms in total. The van der Waals surface area contributed by atoms with Gasteiger partial charge in [-0.25, -0.2) is 0 Å². The second kappa shape index (κ2) is 6.01. The summed E-state index contributed by atoms with van der Waals surface area (Å²) in [4.78, 5) is 0. The zero-order valence-electron chi connectivity index (χ0n) is 9.10. The molecule has 1 fully saturated rings. The van der Waals surface area contributed by atoms with Gasteiger partial charge in [-0.05, 0) is 43.3 Å². The Bertz CT molecular complexity index is 174. The van der Waals surface area contributed by atoms with Crippen LogP contribution in [0.15, 0.2) is 23.3 Å². The molecule has 0 amide bonds. The lowest BCUT2D eigenvalue weighted by atomic mass is 10.1. The van der Waals surface area contributed by atoms with Gasteiger partial charge in [-0.15, -0.1) is 0 Å². The number of unbranched alkanes of at least 4 members (excludes halogenated alkanes) is 2. The molecule has 0 heteroatoms. The van der Waals surface area contributed by atoms with E-state index in [9.17, 15) is 0 Å². The molecule has 0 unspecified atom stereocenters. The van der Waals surface area contributed by atoms with Crippen LogP contribution in [0.4, 0.5) is 0 Å². The molecule has 74 valence electrons. The summed E-state index contributed by atoms with van der Waals surface area (Å²) < 4.78 is 0. The minimum atomic E-state index is 1.26. The van der Waals surface area contributed by atoms with Gasteiger partial charge in [-0.1, -0.05) is 38.8 Å². The maximum atomic E-state index is 2.45. The summed E-state index contributed by atoms with van der Waals surface area (Å²) in [6.45, 7) is 4.50. The first kappa shape index (κ1) is 10.6. The molecule has 0 atom stereocenters. The highest BCUT2D eigenvalue weighted by atomic mass is 14.2. The fraction of sp³-hybridized carbons (Fsp3) is 0.692. The van der Waals surface area contributed by atoms with Crippen LogP contribution in [0.2, 0.25) is 0 Å². The van der Waals surface area contributed by atoms with E-state index in [1.54, 1.807) is 11.1 Å². The maximum absolute atomic E-state index is 2.45. The molecule has 0 aromatic heterocycles. The van der Waals surface area contributed by atoms with E-state index in [2.05, 4.69) is 26.0 Å². The second-order valence-electron chi connectivity index (χ2n) is 3.89. The van der Waals surface area contributed by atoms with Gasteiger partial charge < -0.3 is 0 Å². The Balaban J connectivity index is 2.52. The highest BCUT2D eigenvalue weighted by molar-refractivity contribution is 5.34. The Morgan fingerprint density at radius 1 is 0.923 bits per heavy atom. The number of rotatable bonds is 4. The summed E-state index contributed by atoms with van der Waals surface area (Å²) in [5, 5.41) is 0. The topological polar surface area (TPSA) is 0 Å². The lowest BCUT2D eigenvalue weighted by Gasteiger charge is -2.00. The van der Waals surface area contributed by atoms with Gasteiger partial charge in [0.25, 0.3) is 0 Å². The molecule has 0 N–H and O–H groups in total. The quantitative estimate of drug-likeness (QED) is 0.589. The van der Waals surface area contributed by atoms with E-state index in [0.717, 1.165) is 0 Å². The predicted molar refractivity (Wildman–Crippen MR) is 59.8 cm³/mol. The Hall–Kier alpha value is -0.520.